The molecule has 0 unspecified atom stereocenters. The zero-order valence-corrected chi connectivity index (χ0v) is 21.5. The highest BCUT2D eigenvalue weighted by molar-refractivity contribution is 5.90. The smallest absolute Gasteiger partial charge is 0.352 e. The molecular weight excluding hydrogens is 448 g/mol. The first-order chi connectivity index (χ1) is 17.6. The summed E-state index contributed by atoms with van der Waals surface area (Å²) in [5.41, 5.74) is 2.93. The largest absolute Gasteiger partial charge is 0.493 e. The number of carbonyl (C=O) groups excluding carboxylic acids is 1. The molecule has 0 atom stereocenters. The van der Waals surface area contributed by atoms with Crippen molar-refractivity contribution in [3.8, 4) is 17.8 Å². The lowest BCUT2D eigenvalue weighted by atomic mass is 9.48. The number of hydrogen-bond donors (Lipinski definition) is 0. The fourth-order valence-electron chi connectivity index (χ4n) is 7.24. The number of hydrogen-bond acceptors (Lipinski definition) is 4. The molecule has 6 rings (SSSR count). The van der Waals surface area contributed by atoms with E-state index in [0.717, 1.165) is 61.5 Å². The number of esters is 1. The summed E-state index contributed by atoms with van der Waals surface area (Å²) in [6, 6.07) is 15.3. The maximum atomic E-state index is 12.3. The molecule has 4 saturated carbocycles. The molecule has 4 aliphatic rings. The van der Waals surface area contributed by atoms with E-state index in [1.165, 1.54) is 50.5 Å². The van der Waals surface area contributed by atoms with Gasteiger partial charge in [0.15, 0.2) is 0 Å². The summed E-state index contributed by atoms with van der Waals surface area (Å²) in [5.74, 6) is 6.25. The highest BCUT2D eigenvalue weighted by Gasteiger charge is 2.52. The molecular formula is C32H38O4. The van der Waals surface area contributed by atoms with Gasteiger partial charge < -0.3 is 14.2 Å². The van der Waals surface area contributed by atoms with Crippen LogP contribution in [0.5, 0.6) is 5.75 Å². The normalized spacial score (nSPS) is 25.8. The second-order valence-corrected chi connectivity index (χ2v) is 11.1. The van der Waals surface area contributed by atoms with Gasteiger partial charge in [0.05, 0.1) is 12.2 Å². The summed E-state index contributed by atoms with van der Waals surface area (Å²) < 4.78 is 16.8. The molecule has 4 heteroatoms. The number of ether oxygens (including phenoxy) is 3. The van der Waals surface area contributed by atoms with Gasteiger partial charge in [-0.1, -0.05) is 24.6 Å². The third-order valence-electron chi connectivity index (χ3n) is 8.44. The van der Waals surface area contributed by atoms with Gasteiger partial charge in [0.2, 0.25) is 0 Å². The molecule has 2 aromatic rings. The first-order valence-corrected chi connectivity index (χ1v) is 13.7. The highest BCUT2D eigenvalue weighted by atomic mass is 16.5. The molecule has 0 amide bonds. The maximum absolute atomic E-state index is 12.3. The van der Waals surface area contributed by atoms with Crippen LogP contribution in [0.1, 0.15) is 85.7 Å². The van der Waals surface area contributed by atoms with Gasteiger partial charge in [0.25, 0.3) is 0 Å². The average Bonchev–Trinajstić information content (AvgIpc) is 2.88. The predicted molar refractivity (Wildman–Crippen MR) is 141 cm³/mol. The van der Waals surface area contributed by atoms with Crippen LogP contribution in [0.4, 0.5) is 0 Å². The first-order valence-electron chi connectivity index (χ1n) is 13.7. The molecule has 0 N–H and O–H groups in total. The molecule has 4 nitrogen and oxygen atoms in total. The molecule has 0 spiro atoms. The topological polar surface area (TPSA) is 44.8 Å². The van der Waals surface area contributed by atoms with E-state index in [1.54, 1.807) is 19.2 Å². The summed E-state index contributed by atoms with van der Waals surface area (Å²) in [5, 5.41) is 0. The van der Waals surface area contributed by atoms with Gasteiger partial charge in [-0.05, 0) is 117 Å². The van der Waals surface area contributed by atoms with E-state index in [9.17, 15) is 4.79 Å². The summed E-state index contributed by atoms with van der Waals surface area (Å²) in [7, 11) is 1.76. The lowest BCUT2D eigenvalue weighted by Gasteiger charge is -2.57. The van der Waals surface area contributed by atoms with Crippen LogP contribution in [0.15, 0.2) is 48.5 Å². The Bertz CT molecular complexity index is 1060. The third kappa shape index (κ3) is 5.79. The van der Waals surface area contributed by atoms with Crippen molar-refractivity contribution in [1.82, 2.24) is 0 Å². The lowest BCUT2D eigenvalue weighted by Crippen LogP contribution is -2.48. The highest BCUT2D eigenvalue weighted by Crippen LogP contribution is 2.61. The van der Waals surface area contributed by atoms with Crippen LogP contribution in [0.3, 0.4) is 0 Å². The minimum atomic E-state index is -0.421. The zero-order chi connectivity index (χ0) is 24.8. The fraction of sp³-hybridized carbons (Fsp3) is 0.531. The zero-order valence-electron chi connectivity index (χ0n) is 21.5. The standard InChI is InChI=1S/C32H38O4/c1-34-14-7-2-3-8-15-35-30-12-11-24(13-16-36-31(33)28-9-5-4-6-10-28)20-29(30)32-21-25-17-26(22-32)19-27(18-25)23-32/h4-6,9-12,20,25-27H,2-3,7-8,14-15,17-19,21-23H2,1H3. The van der Waals surface area contributed by atoms with Crippen LogP contribution in [-0.4, -0.2) is 26.3 Å². The van der Waals surface area contributed by atoms with Gasteiger partial charge in [0.1, 0.15) is 11.9 Å². The Morgan fingerprint density at radius 1 is 0.889 bits per heavy atom. The van der Waals surface area contributed by atoms with Crippen molar-refractivity contribution in [2.45, 2.75) is 69.6 Å². The molecule has 190 valence electrons. The summed E-state index contributed by atoms with van der Waals surface area (Å²) in [6.45, 7) is 1.58. The number of carbonyl (C=O) groups is 1. The van der Waals surface area contributed by atoms with Crippen molar-refractivity contribution < 1.29 is 19.0 Å². The Kier molecular flexibility index (Phi) is 7.97. The molecule has 0 radical (unpaired) electrons. The minimum Gasteiger partial charge on any atom is -0.493 e. The molecule has 0 heterocycles. The molecule has 4 bridgehead atoms. The van der Waals surface area contributed by atoms with Gasteiger partial charge in [-0.25, -0.2) is 4.79 Å². The first kappa shape index (κ1) is 24.9. The van der Waals surface area contributed by atoms with E-state index in [0.29, 0.717) is 5.56 Å². The van der Waals surface area contributed by atoms with Gasteiger partial charge >= 0.3 is 5.97 Å². The van der Waals surface area contributed by atoms with E-state index in [1.807, 2.05) is 24.3 Å². The van der Waals surface area contributed by atoms with E-state index in [2.05, 4.69) is 24.2 Å². The fourth-order valence-corrected chi connectivity index (χ4v) is 7.24. The Balaban J connectivity index is 1.31. The number of methoxy groups -OCH3 is 1. The average molecular weight is 487 g/mol. The Labute approximate surface area is 215 Å². The SMILES string of the molecule is COCCCCCCOc1ccc(C#COC(=O)c2ccccc2)cc1C12CC3CC(CC(C3)C1)C2. The van der Waals surface area contributed by atoms with E-state index in [-0.39, 0.29) is 5.41 Å². The quantitative estimate of drug-likeness (QED) is 0.208. The van der Waals surface area contributed by atoms with Crippen molar-refractivity contribution in [3.05, 3.63) is 65.2 Å². The van der Waals surface area contributed by atoms with Crippen molar-refractivity contribution in [1.29, 1.82) is 0 Å². The van der Waals surface area contributed by atoms with E-state index >= 15 is 0 Å². The number of benzene rings is 2. The van der Waals surface area contributed by atoms with Crippen molar-refractivity contribution in [2.24, 2.45) is 17.8 Å². The minimum absolute atomic E-state index is 0.209. The van der Waals surface area contributed by atoms with Gasteiger partial charge in [0, 0.05) is 24.8 Å². The molecule has 4 aliphatic carbocycles. The van der Waals surface area contributed by atoms with Gasteiger partial charge in [-0.2, -0.15) is 0 Å². The Morgan fingerprint density at radius 3 is 2.22 bits per heavy atom. The summed E-state index contributed by atoms with van der Waals surface area (Å²) >= 11 is 0. The van der Waals surface area contributed by atoms with Crippen LogP contribution in [0.25, 0.3) is 0 Å². The van der Waals surface area contributed by atoms with Crippen molar-refractivity contribution in [3.63, 3.8) is 0 Å². The second kappa shape index (κ2) is 11.5. The second-order valence-electron chi connectivity index (χ2n) is 11.1. The van der Waals surface area contributed by atoms with E-state index in [4.69, 9.17) is 14.2 Å². The molecule has 0 aromatic heterocycles. The van der Waals surface area contributed by atoms with Crippen molar-refractivity contribution >= 4 is 5.97 Å². The van der Waals surface area contributed by atoms with Crippen LogP contribution in [0.2, 0.25) is 0 Å². The molecule has 4 fully saturated rings. The molecule has 0 saturated heterocycles. The van der Waals surface area contributed by atoms with Gasteiger partial charge in [-0.3, -0.25) is 0 Å². The Hall–Kier alpha value is -2.77. The molecule has 36 heavy (non-hydrogen) atoms. The molecule has 2 aromatic carbocycles. The number of rotatable bonds is 10. The summed E-state index contributed by atoms with van der Waals surface area (Å²) in [6.07, 6.45) is 15.2. The lowest BCUT2D eigenvalue weighted by molar-refractivity contribution is -0.00641. The van der Waals surface area contributed by atoms with Crippen molar-refractivity contribution in [2.75, 3.05) is 20.3 Å². The van der Waals surface area contributed by atoms with Crippen LogP contribution < -0.4 is 4.74 Å². The third-order valence-corrected chi connectivity index (χ3v) is 8.44. The predicted octanol–water partition coefficient (Wildman–Crippen LogP) is 6.91. The maximum Gasteiger partial charge on any atom is 0.352 e. The Morgan fingerprint density at radius 2 is 1.56 bits per heavy atom. The van der Waals surface area contributed by atoms with Crippen LogP contribution in [0, 0.1) is 29.8 Å². The van der Waals surface area contributed by atoms with E-state index < -0.39 is 5.97 Å². The number of unbranched alkanes of at least 4 members (excludes halogenated alkanes) is 3. The summed E-state index contributed by atoms with van der Waals surface area (Å²) in [4.78, 5) is 12.3. The molecule has 0 aliphatic heterocycles. The monoisotopic (exact) mass is 486 g/mol. The van der Waals surface area contributed by atoms with Crippen LogP contribution in [-0.2, 0) is 14.9 Å². The van der Waals surface area contributed by atoms with Gasteiger partial charge in [-0.15, -0.1) is 0 Å². The van der Waals surface area contributed by atoms with Crippen LogP contribution >= 0.6 is 0 Å².